The highest BCUT2D eigenvalue weighted by Crippen LogP contribution is 2.22. The summed E-state index contributed by atoms with van der Waals surface area (Å²) in [5.74, 6) is -0.479. The highest BCUT2D eigenvalue weighted by molar-refractivity contribution is 6.31. The zero-order valence-corrected chi connectivity index (χ0v) is 16.9. The lowest BCUT2D eigenvalue weighted by atomic mass is 10.2. The average Bonchev–Trinajstić information content (AvgIpc) is 3.10. The van der Waals surface area contributed by atoms with Crippen molar-refractivity contribution in [3.63, 3.8) is 0 Å². The molecule has 5 nitrogen and oxygen atoms in total. The standard InChI is InChI=1S/C23H13Cl2NO4/c24-17-8-6-15(7-9-17)22(27)29-19-10-4-14(5-11-19)12-20-23(28)30-21(26-20)16-2-1-3-18(25)13-16/h1-13H/b20-12-. The van der Waals surface area contributed by atoms with Crippen LogP contribution >= 0.6 is 23.2 Å². The molecule has 0 atom stereocenters. The van der Waals surface area contributed by atoms with Crippen molar-refractivity contribution in [1.29, 1.82) is 0 Å². The van der Waals surface area contributed by atoms with E-state index in [9.17, 15) is 9.59 Å². The Balaban J connectivity index is 1.48. The molecular formula is C23H13Cl2NO4. The number of carbonyl (C=O) groups is 2. The third kappa shape index (κ3) is 4.59. The summed E-state index contributed by atoms with van der Waals surface area (Å²) in [6, 6.07) is 20.0. The Morgan fingerprint density at radius 2 is 1.67 bits per heavy atom. The summed E-state index contributed by atoms with van der Waals surface area (Å²) in [7, 11) is 0. The van der Waals surface area contributed by atoms with Crippen LogP contribution in [-0.2, 0) is 9.53 Å². The first-order valence-corrected chi connectivity index (χ1v) is 9.60. The monoisotopic (exact) mass is 437 g/mol. The van der Waals surface area contributed by atoms with Crippen LogP contribution < -0.4 is 4.74 Å². The molecule has 1 heterocycles. The van der Waals surface area contributed by atoms with Gasteiger partial charge in [0.25, 0.3) is 0 Å². The number of halogens is 2. The second-order valence-electron chi connectivity index (χ2n) is 6.31. The number of carbonyl (C=O) groups excluding carboxylic acids is 2. The first-order valence-electron chi connectivity index (χ1n) is 8.84. The Morgan fingerprint density at radius 3 is 2.37 bits per heavy atom. The molecule has 7 heteroatoms. The molecule has 4 rings (SSSR count). The van der Waals surface area contributed by atoms with Gasteiger partial charge in [-0.05, 0) is 66.2 Å². The topological polar surface area (TPSA) is 65.0 Å². The Bertz CT molecular complexity index is 1180. The van der Waals surface area contributed by atoms with Crippen molar-refractivity contribution < 1.29 is 19.1 Å². The minimum absolute atomic E-state index is 0.163. The van der Waals surface area contributed by atoms with E-state index in [0.717, 1.165) is 0 Å². The minimum atomic E-state index is -0.553. The number of rotatable bonds is 4. The van der Waals surface area contributed by atoms with Crippen molar-refractivity contribution >= 4 is 47.1 Å². The van der Waals surface area contributed by atoms with Gasteiger partial charge in [0, 0.05) is 15.6 Å². The highest BCUT2D eigenvalue weighted by atomic mass is 35.5. The number of hydrogen-bond acceptors (Lipinski definition) is 5. The third-order valence-corrected chi connectivity index (χ3v) is 4.65. The normalized spacial score (nSPS) is 14.4. The fourth-order valence-electron chi connectivity index (χ4n) is 2.70. The molecule has 0 bridgehead atoms. The van der Waals surface area contributed by atoms with E-state index in [1.807, 2.05) is 0 Å². The van der Waals surface area contributed by atoms with Gasteiger partial charge in [-0.3, -0.25) is 0 Å². The van der Waals surface area contributed by atoms with Crippen LogP contribution in [-0.4, -0.2) is 17.8 Å². The van der Waals surface area contributed by atoms with Gasteiger partial charge in [-0.25, -0.2) is 14.6 Å². The van der Waals surface area contributed by atoms with E-state index >= 15 is 0 Å². The largest absolute Gasteiger partial charge is 0.423 e. The predicted molar refractivity (Wildman–Crippen MR) is 115 cm³/mol. The zero-order valence-electron chi connectivity index (χ0n) is 15.3. The van der Waals surface area contributed by atoms with Crippen molar-refractivity contribution in [3.8, 4) is 5.75 Å². The van der Waals surface area contributed by atoms with Crippen molar-refractivity contribution in [3.05, 3.63) is 105 Å². The smallest absolute Gasteiger partial charge is 0.363 e. The van der Waals surface area contributed by atoms with Crippen molar-refractivity contribution in [2.24, 2.45) is 4.99 Å². The van der Waals surface area contributed by atoms with E-state index in [1.54, 1.807) is 78.9 Å². The van der Waals surface area contributed by atoms with Gasteiger partial charge in [0.2, 0.25) is 5.90 Å². The lowest BCUT2D eigenvalue weighted by Gasteiger charge is -2.05. The van der Waals surface area contributed by atoms with E-state index in [1.165, 1.54) is 0 Å². The fourth-order valence-corrected chi connectivity index (χ4v) is 3.01. The van der Waals surface area contributed by atoms with Crippen molar-refractivity contribution in [2.75, 3.05) is 0 Å². The van der Waals surface area contributed by atoms with Gasteiger partial charge in [0.15, 0.2) is 5.70 Å². The van der Waals surface area contributed by atoms with Gasteiger partial charge in [-0.15, -0.1) is 0 Å². The van der Waals surface area contributed by atoms with Crippen LogP contribution in [0, 0.1) is 0 Å². The molecule has 0 spiro atoms. The summed E-state index contributed by atoms with van der Waals surface area (Å²) in [6.07, 6.45) is 1.59. The van der Waals surface area contributed by atoms with Crippen LogP contribution in [0.15, 0.2) is 83.5 Å². The van der Waals surface area contributed by atoms with Gasteiger partial charge in [0.1, 0.15) is 5.75 Å². The van der Waals surface area contributed by atoms with Crippen LogP contribution in [0.25, 0.3) is 6.08 Å². The van der Waals surface area contributed by atoms with E-state index in [-0.39, 0.29) is 11.6 Å². The molecule has 1 aliphatic rings. The highest BCUT2D eigenvalue weighted by Gasteiger charge is 2.24. The third-order valence-electron chi connectivity index (χ3n) is 4.17. The van der Waals surface area contributed by atoms with Crippen LogP contribution in [0.2, 0.25) is 10.0 Å². The van der Waals surface area contributed by atoms with Crippen LogP contribution in [0.3, 0.4) is 0 Å². The first-order chi connectivity index (χ1) is 14.5. The minimum Gasteiger partial charge on any atom is -0.423 e. The van der Waals surface area contributed by atoms with Crippen LogP contribution in [0.4, 0.5) is 0 Å². The number of benzene rings is 3. The molecule has 30 heavy (non-hydrogen) atoms. The number of cyclic esters (lactones) is 1. The molecule has 0 N–H and O–H groups in total. The van der Waals surface area contributed by atoms with Gasteiger partial charge < -0.3 is 9.47 Å². The van der Waals surface area contributed by atoms with Crippen molar-refractivity contribution in [1.82, 2.24) is 0 Å². The molecule has 148 valence electrons. The van der Waals surface area contributed by atoms with Crippen molar-refractivity contribution in [2.45, 2.75) is 0 Å². The maximum absolute atomic E-state index is 12.2. The predicted octanol–water partition coefficient (Wildman–Crippen LogP) is 5.56. The Hall–Kier alpha value is -3.41. The zero-order chi connectivity index (χ0) is 21.1. The summed E-state index contributed by atoms with van der Waals surface area (Å²) in [4.78, 5) is 28.5. The fraction of sp³-hybridized carbons (Fsp3) is 0. The Kier molecular flexibility index (Phi) is 5.65. The maximum atomic E-state index is 12.2. The van der Waals surface area contributed by atoms with E-state index in [2.05, 4.69) is 4.99 Å². The van der Waals surface area contributed by atoms with Gasteiger partial charge in [-0.2, -0.15) is 0 Å². The summed E-state index contributed by atoms with van der Waals surface area (Å²) in [5, 5.41) is 1.06. The van der Waals surface area contributed by atoms with Crippen LogP contribution in [0.1, 0.15) is 21.5 Å². The number of aliphatic imine (C=N–C) groups is 1. The maximum Gasteiger partial charge on any atom is 0.363 e. The molecule has 0 unspecified atom stereocenters. The second kappa shape index (κ2) is 8.53. The second-order valence-corrected chi connectivity index (χ2v) is 7.18. The average molecular weight is 438 g/mol. The number of hydrogen-bond donors (Lipinski definition) is 0. The Morgan fingerprint density at radius 1 is 0.933 bits per heavy atom. The van der Waals surface area contributed by atoms with E-state index in [0.29, 0.717) is 32.5 Å². The lowest BCUT2D eigenvalue weighted by Crippen LogP contribution is -2.08. The molecule has 0 fully saturated rings. The Labute approximate surface area is 182 Å². The number of ether oxygens (including phenoxy) is 2. The summed E-state index contributed by atoms with van der Waals surface area (Å²) in [6.45, 7) is 0. The molecule has 0 amide bonds. The molecule has 0 aromatic heterocycles. The summed E-state index contributed by atoms with van der Waals surface area (Å²) < 4.78 is 10.6. The molecule has 0 aliphatic carbocycles. The lowest BCUT2D eigenvalue weighted by molar-refractivity contribution is -0.129. The van der Waals surface area contributed by atoms with E-state index < -0.39 is 11.9 Å². The SMILES string of the molecule is O=C1OC(c2cccc(Cl)c2)=N/C1=C\c1ccc(OC(=O)c2ccc(Cl)cc2)cc1. The van der Waals surface area contributed by atoms with Gasteiger partial charge in [-0.1, -0.05) is 41.4 Å². The molecule has 0 saturated heterocycles. The van der Waals surface area contributed by atoms with Gasteiger partial charge in [0.05, 0.1) is 5.56 Å². The molecule has 0 saturated carbocycles. The molecule has 0 radical (unpaired) electrons. The quantitative estimate of drug-likeness (QED) is 0.304. The van der Waals surface area contributed by atoms with Crippen LogP contribution in [0.5, 0.6) is 5.75 Å². The molecule has 1 aliphatic heterocycles. The summed E-state index contributed by atoms with van der Waals surface area (Å²) >= 11 is 11.8. The molecular weight excluding hydrogens is 425 g/mol. The van der Waals surface area contributed by atoms with E-state index in [4.69, 9.17) is 32.7 Å². The number of esters is 2. The number of nitrogens with zero attached hydrogens (tertiary/aromatic N) is 1. The summed E-state index contributed by atoms with van der Waals surface area (Å²) in [5.41, 5.74) is 1.87. The molecule has 3 aromatic carbocycles. The van der Waals surface area contributed by atoms with Gasteiger partial charge >= 0.3 is 11.9 Å². The first kappa shape index (κ1) is 19.9. The molecule has 3 aromatic rings.